The zero-order valence-electron chi connectivity index (χ0n) is 22.1. The molecule has 10 nitrogen and oxygen atoms in total. The topological polar surface area (TPSA) is 125 Å². The van der Waals surface area contributed by atoms with Crippen LogP contribution in [0.4, 0.5) is 0 Å². The summed E-state index contributed by atoms with van der Waals surface area (Å²) in [6.45, 7) is 2.45. The summed E-state index contributed by atoms with van der Waals surface area (Å²) in [4.78, 5) is 36.7. The smallest absolute Gasteiger partial charge is 0.343 e. The SMILES string of the molecule is CCCCOc1ccc(C(=O)Oc2ccc(/C=N\NC(=O)CNC(=O)c3ccc(OC)c(OC)c3)cc2)cc1. The quantitative estimate of drug-likeness (QED) is 0.112. The van der Waals surface area contributed by atoms with E-state index >= 15 is 0 Å². The third-order valence-corrected chi connectivity index (χ3v) is 5.41. The second-order valence-corrected chi connectivity index (χ2v) is 8.23. The summed E-state index contributed by atoms with van der Waals surface area (Å²) in [6, 6.07) is 18.1. The lowest BCUT2D eigenvalue weighted by Gasteiger charge is -2.09. The molecule has 0 aliphatic rings. The summed E-state index contributed by atoms with van der Waals surface area (Å²) >= 11 is 0. The highest BCUT2D eigenvalue weighted by atomic mass is 16.5. The summed E-state index contributed by atoms with van der Waals surface area (Å²) in [5, 5.41) is 6.40. The molecule has 0 bridgehead atoms. The number of esters is 1. The number of amides is 2. The van der Waals surface area contributed by atoms with Gasteiger partial charge in [-0.1, -0.05) is 13.3 Å². The van der Waals surface area contributed by atoms with Crippen molar-refractivity contribution in [2.45, 2.75) is 19.8 Å². The molecule has 2 amide bonds. The fourth-order valence-corrected chi connectivity index (χ4v) is 3.27. The van der Waals surface area contributed by atoms with Gasteiger partial charge in [0.15, 0.2) is 11.5 Å². The van der Waals surface area contributed by atoms with Gasteiger partial charge in [0.2, 0.25) is 0 Å². The number of unbranched alkanes of at least 4 members (excludes halogenated alkanes) is 1. The number of benzene rings is 3. The minimum atomic E-state index is -0.507. The van der Waals surface area contributed by atoms with Crippen molar-refractivity contribution in [1.82, 2.24) is 10.7 Å². The zero-order chi connectivity index (χ0) is 28.0. The maximum atomic E-state index is 12.4. The molecular weight excluding hydrogens is 502 g/mol. The van der Waals surface area contributed by atoms with E-state index in [1.807, 2.05) is 0 Å². The molecule has 0 unspecified atom stereocenters. The monoisotopic (exact) mass is 533 g/mol. The first-order valence-electron chi connectivity index (χ1n) is 12.3. The second kappa shape index (κ2) is 14.8. The van der Waals surface area contributed by atoms with Gasteiger partial charge >= 0.3 is 5.97 Å². The van der Waals surface area contributed by atoms with Gasteiger partial charge in [0.1, 0.15) is 11.5 Å². The predicted molar refractivity (Wildman–Crippen MR) is 146 cm³/mol. The highest BCUT2D eigenvalue weighted by Gasteiger charge is 2.12. The molecular formula is C29H31N3O7. The molecule has 0 radical (unpaired) electrons. The molecule has 0 aliphatic heterocycles. The van der Waals surface area contributed by atoms with Crippen molar-refractivity contribution in [1.29, 1.82) is 0 Å². The Bertz CT molecular complexity index is 1290. The van der Waals surface area contributed by atoms with Crippen LogP contribution in [0.5, 0.6) is 23.0 Å². The van der Waals surface area contributed by atoms with Crippen LogP contribution in [0.15, 0.2) is 71.8 Å². The average Bonchev–Trinajstić information content (AvgIpc) is 2.96. The maximum absolute atomic E-state index is 12.4. The van der Waals surface area contributed by atoms with Gasteiger partial charge in [0, 0.05) is 5.56 Å². The molecule has 0 saturated heterocycles. The Morgan fingerprint density at radius 2 is 1.51 bits per heavy atom. The van der Waals surface area contributed by atoms with Gasteiger partial charge in [-0.2, -0.15) is 5.10 Å². The Balaban J connectivity index is 1.43. The summed E-state index contributed by atoms with van der Waals surface area (Å²) in [5.74, 6) is 0.522. The molecule has 10 heteroatoms. The molecule has 0 spiro atoms. The molecule has 0 aromatic heterocycles. The largest absolute Gasteiger partial charge is 0.494 e. The van der Waals surface area contributed by atoms with Crippen LogP contribution in [-0.4, -0.2) is 51.4 Å². The van der Waals surface area contributed by atoms with E-state index in [9.17, 15) is 14.4 Å². The molecule has 0 heterocycles. The van der Waals surface area contributed by atoms with Crippen molar-refractivity contribution in [3.8, 4) is 23.0 Å². The lowest BCUT2D eigenvalue weighted by atomic mass is 10.2. The van der Waals surface area contributed by atoms with E-state index in [2.05, 4.69) is 22.8 Å². The number of ether oxygens (including phenoxy) is 4. The van der Waals surface area contributed by atoms with E-state index in [1.54, 1.807) is 60.7 Å². The molecule has 0 atom stereocenters. The molecule has 0 aliphatic carbocycles. The molecule has 3 aromatic carbocycles. The summed E-state index contributed by atoms with van der Waals surface area (Å²) < 4.78 is 21.3. The summed E-state index contributed by atoms with van der Waals surface area (Å²) in [7, 11) is 2.97. The Hall–Kier alpha value is -4.86. The summed E-state index contributed by atoms with van der Waals surface area (Å²) in [5.41, 5.74) is 3.73. The number of hydrazone groups is 1. The van der Waals surface area contributed by atoms with E-state index in [0.717, 1.165) is 12.8 Å². The molecule has 204 valence electrons. The van der Waals surface area contributed by atoms with Crippen molar-refractivity contribution in [2.24, 2.45) is 5.10 Å². The van der Waals surface area contributed by atoms with E-state index in [-0.39, 0.29) is 6.54 Å². The Morgan fingerprint density at radius 3 is 2.18 bits per heavy atom. The Kier molecular flexibility index (Phi) is 10.9. The van der Waals surface area contributed by atoms with Crippen molar-refractivity contribution >= 4 is 24.0 Å². The van der Waals surface area contributed by atoms with Crippen molar-refractivity contribution in [2.75, 3.05) is 27.4 Å². The standard InChI is InChI=1S/C29H31N3O7/c1-4-5-16-38-23-13-8-21(9-14-23)29(35)39-24-11-6-20(7-12-24)18-31-32-27(33)19-30-28(34)22-10-15-25(36-2)26(17-22)37-3/h6-15,17-18H,4-5,16,19H2,1-3H3,(H,30,34)(H,32,33)/b31-18-. The molecule has 3 aromatic rings. The van der Waals surface area contributed by atoms with Gasteiger partial charge < -0.3 is 24.3 Å². The third-order valence-electron chi connectivity index (χ3n) is 5.41. The van der Waals surface area contributed by atoms with Crippen LogP contribution < -0.4 is 29.7 Å². The third kappa shape index (κ3) is 8.89. The van der Waals surface area contributed by atoms with Gasteiger partial charge in [0.25, 0.3) is 11.8 Å². The van der Waals surface area contributed by atoms with Crippen molar-refractivity contribution < 1.29 is 33.3 Å². The number of carbonyl (C=O) groups excluding carboxylic acids is 3. The van der Waals surface area contributed by atoms with E-state index < -0.39 is 17.8 Å². The number of carbonyl (C=O) groups is 3. The van der Waals surface area contributed by atoms with E-state index in [4.69, 9.17) is 18.9 Å². The molecule has 3 rings (SSSR count). The van der Waals surface area contributed by atoms with Crippen LogP contribution >= 0.6 is 0 Å². The van der Waals surface area contributed by atoms with Gasteiger partial charge in [-0.25, -0.2) is 10.2 Å². The fraction of sp³-hybridized carbons (Fsp3) is 0.241. The molecule has 39 heavy (non-hydrogen) atoms. The highest BCUT2D eigenvalue weighted by molar-refractivity contribution is 5.97. The minimum Gasteiger partial charge on any atom is -0.494 e. The minimum absolute atomic E-state index is 0.273. The Labute approximate surface area is 226 Å². The first-order chi connectivity index (χ1) is 18.9. The highest BCUT2D eigenvalue weighted by Crippen LogP contribution is 2.27. The maximum Gasteiger partial charge on any atom is 0.343 e. The second-order valence-electron chi connectivity index (χ2n) is 8.23. The lowest BCUT2D eigenvalue weighted by Crippen LogP contribution is -2.34. The first kappa shape index (κ1) is 28.7. The number of rotatable bonds is 13. The fourth-order valence-electron chi connectivity index (χ4n) is 3.27. The normalized spacial score (nSPS) is 10.5. The van der Waals surface area contributed by atoms with Crippen LogP contribution in [0, 0.1) is 0 Å². The number of hydrogen-bond donors (Lipinski definition) is 2. The summed E-state index contributed by atoms with van der Waals surface area (Å²) in [6.07, 6.45) is 3.44. The number of methoxy groups -OCH3 is 2. The number of nitrogens with one attached hydrogen (secondary N) is 2. The van der Waals surface area contributed by atoms with Crippen molar-refractivity contribution in [3.05, 3.63) is 83.4 Å². The van der Waals surface area contributed by atoms with Gasteiger partial charge in [-0.05, 0) is 78.7 Å². The van der Waals surface area contributed by atoms with E-state index in [1.165, 1.54) is 26.5 Å². The van der Waals surface area contributed by atoms with Crippen LogP contribution in [-0.2, 0) is 4.79 Å². The van der Waals surface area contributed by atoms with Crippen molar-refractivity contribution in [3.63, 3.8) is 0 Å². The van der Waals surface area contributed by atoms with Crippen LogP contribution in [0.3, 0.4) is 0 Å². The average molecular weight is 534 g/mol. The van der Waals surface area contributed by atoms with E-state index in [0.29, 0.717) is 46.3 Å². The molecule has 2 N–H and O–H groups in total. The molecule has 0 saturated carbocycles. The number of nitrogens with zero attached hydrogens (tertiary/aromatic N) is 1. The Morgan fingerprint density at radius 1 is 0.846 bits per heavy atom. The lowest BCUT2D eigenvalue weighted by molar-refractivity contribution is -0.120. The van der Waals surface area contributed by atoms with Gasteiger partial charge in [0.05, 0.1) is 39.1 Å². The van der Waals surface area contributed by atoms with Crippen LogP contribution in [0.1, 0.15) is 46.0 Å². The zero-order valence-corrected chi connectivity index (χ0v) is 22.1. The van der Waals surface area contributed by atoms with Gasteiger partial charge in [-0.3, -0.25) is 9.59 Å². The van der Waals surface area contributed by atoms with Gasteiger partial charge in [-0.15, -0.1) is 0 Å². The van der Waals surface area contributed by atoms with Crippen LogP contribution in [0.2, 0.25) is 0 Å². The first-order valence-corrected chi connectivity index (χ1v) is 12.3. The molecule has 0 fully saturated rings. The predicted octanol–water partition coefficient (Wildman–Crippen LogP) is 3.98. The van der Waals surface area contributed by atoms with Crippen LogP contribution in [0.25, 0.3) is 0 Å². The number of hydrogen-bond acceptors (Lipinski definition) is 8.